The number of benzene rings is 1. The normalized spacial score (nSPS) is 20.8. The Morgan fingerprint density at radius 3 is 2.38 bits per heavy atom. The molecule has 2 aliphatic heterocycles. The number of nitrogens with one attached hydrogen (secondary N) is 1. The molecule has 0 bridgehead atoms. The lowest BCUT2D eigenvalue weighted by molar-refractivity contribution is -0.173. The van der Waals surface area contributed by atoms with E-state index >= 15 is 0 Å². The minimum Gasteiger partial charge on any atom is -0.348 e. The Balaban J connectivity index is 1.45. The van der Waals surface area contributed by atoms with Crippen molar-refractivity contribution in [2.75, 3.05) is 26.2 Å². The van der Waals surface area contributed by atoms with E-state index in [-0.39, 0.29) is 36.6 Å². The summed E-state index contributed by atoms with van der Waals surface area (Å²) in [7, 11) is 0. The summed E-state index contributed by atoms with van der Waals surface area (Å²) < 4.78 is 36.7. The summed E-state index contributed by atoms with van der Waals surface area (Å²) in [5.41, 5.74) is 1.01. The molecule has 2 fully saturated rings. The number of carbonyl (C=O) groups is 3. The van der Waals surface area contributed by atoms with Gasteiger partial charge in [-0.15, -0.1) is 0 Å². The summed E-state index contributed by atoms with van der Waals surface area (Å²) in [6, 6.07) is 9.58. The van der Waals surface area contributed by atoms with Crippen LogP contribution in [0.4, 0.5) is 13.2 Å². The third-order valence-electron chi connectivity index (χ3n) is 5.51. The summed E-state index contributed by atoms with van der Waals surface area (Å²) in [5.74, 6) is -2.53. The highest BCUT2D eigenvalue weighted by Gasteiger charge is 2.40. The Morgan fingerprint density at radius 2 is 1.76 bits per heavy atom. The first-order valence-corrected chi connectivity index (χ1v) is 9.69. The van der Waals surface area contributed by atoms with Crippen molar-refractivity contribution in [2.24, 2.45) is 11.8 Å². The van der Waals surface area contributed by atoms with E-state index in [4.69, 9.17) is 0 Å². The van der Waals surface area contributed by atoms with Crippen molar-refractivity contribution >= 4 is 17.7 Å². The Bertz CT molecular complexity index is 746. The third-order valence-corrected chi connectivity index (χ3v) is 5.51. The molecule has 2 aliphatic rings. The highest BCUT2D eigenvalue weighted by molar-refractivity contribution is 5.89. The molecule has 0 radical (unpaired) electrons. The van der Waals surface area contributed by atoms with E-state index in [1.807, 2.05) is 35.6 Å². The van der Waals surface area contributed by atoms with Gasteiger partial charge in [0, 0.05) is 39.1 Å². The monoisotopic (exact) mass is 411 g/mol. The molecule has 0 aromatic heterocycles. The molecule has 1 aromatic carbocycles. The first-order valence-electron chi connectivity index (χ1n) is 9.69. The van der Waals surface area contributed by atoms with Gasteiger partial charge < -0.3 is 15.1 Å². The predicted octanol–water partition coefficient (Wildman–Crippen LogP) is 1.95. The quantitative estimate of drug-likeness (QED) is 0.805. The van der Waals surface area contributed by atoms with Crippen LogP contribution in [-0.2, 0) is 20.9 Å². The number of alkyl halides is 3. The van der Waals surface area contributed by atoms with Crippen LogP contribution in [0.15, 0.2) is 30.3 Å². The average Bonchev–Trinajstić information content (AvgIpc) is 3.06. The van der Waals surface area contributed by atoms with Gasteiger partial charge in [-0.1, -0.05) is 30.3 Å². The van der Waals surface area contributed by atoms with Crippen molar-refractivity contribution in [3.63, 3.8) is 0 Å². The number of likely N-dealkylation sites (tertiary alicyclic amines) is 2. The lowest BCUT2D eigenvalue weighted by Crippen LogP contribution is -2.45. The molecule has 9 heteroatoms. The maximum atomic E-state index is 12.8. The molecule has 1 N–H and O–H groups in total. The van der Waals surface area contributed by atoms with Gasteiger partial charge in [0.05, 0.1) is 5.92 Å². The van der Waals surface area contributed by atoms with Crippen LogP contribution in [0.1, 0.15) is 24.8 Å². The highest BCUT2D eigenvalue weighted by Crippen LogP contribution is 2.25. The van der Waals surface area contributed by atoms with Crippen LogP contribution in [0.5, 0.6) is 0 Å². The topological polar surface area (TPSA) is 69.7 Å². The fourth-order valence-electron chi connectivity index (χ4n) is 3.85. The van der Waals surface area contributed by atoms with E-state index in [0.29, 0.717) is 39.0 Å². The van der Waals surface area contributed by atoms with Crippen molar-refractivity contribution < 1.29 is 27.6 Å². The minimum absolute atomic E-state index is 0.0445. The maximum Gasteiger partial charge on any atom is 0.471 e. The Hall–Kier alpha value is -2.58. The molecule has 1 unspecified atom stereocenters. The van der Waals surface area contributed by atoms with Gasteiger partial charge in [0.25, 0.3) is 0 Å². The summed E-state index contributed by atoms with van der Waals surface area (Å²) in [4.78, 5) is 39.3. The lowest BCUT2D eigenvalue weighted by Gasteiger charge is -2.33. The van der Waals surface area contributed by atoms with E-state index in [9.17, 15) is 27.6 Å². The predicted molar refractivity (Wildman–Crippen MR) is 98.3 cm³/mol. The van der Waals surface area contributed by atoms with Crippen molar-refractivity contribution in [1.82, 2.24) is 15.1 Å². The Labute approximate surface area is 167 Å². The van der Waals surface area contributed by atoms with Gasteiger partial charge in [-0.3, -0.25) is 14.4 Å². The number of carbonyl (C=O) groups excluding carboxylic acids is 3. The standard InChI is InChI=1S/C20H24F3N3O3/c21-20(22,23)19(29)24-11-14-6-8-25(9-7-14)18(28)16-10-17(27)26(13-16)12-15-4-2-1-3-5-15/h1-5,14,16H,6-13H2,(H,24,29). The van der Waals surface area contributed by atoms with Gasteiger partial charge >= 0.3 is 12.1 Å². The number of hydrogen-bond acceptors (Lipinski definition) is 3. The van der Waals surface area contributed by atoms with Gasteiger partial charge in [-0.25, -0.2) is 0 Å². The molecule has 0 aliphatic carbocycles. The van der Waals surface area contributed by atoms with Gasteiger partial charge in [0.15, 0.2) is 0 Å². The molecule has 1 atom stereocenters. The van der Waals surface area contributed by atoms with Crippen LogP contribution in [0.3, 0.4) is 0 Å². The van der Waals surface area contributed by atoms with Gasteiger partial charge in [0.1, 0.15) is 0 Å². The molecular formula is C20H24F3N3O3. The number of piperidine rings is 1. The summed E-state index contributed by atoms with van der Waals surface area (Å²) in [6.07, 6.45) is -3.64. The Kier molecular flexibility index (Phi) is 6.44. The second-order valence-corrected chi connectivity index (χ2v) is 7.64. The molecule has 0 spiro atoms. The SMILES string of the molecule is O=C1CC(C(=O)N2CCC(CNC(=O)C(F)(F)F)CC2)CN1Cc1ccccc1. The molecule has 29 heavy (non-hydrogen) atoms. The smallest absolute Gasteiger partial charge is 0.348 e. The molecular weight excluding hydrogens is 387 g/mol. The van der Waals surface area contributed by atoms with E-state index < -0.39 is 12.1 Å². The Morgan fingerprint density at radius 1 is 1.10 bits per heavy atom. The summed E-state index contributed by atoms with van der Waals surface area (Å²) in [6.45, 7) is 1.66. The fraction of sp³-hybridized carbons (Fsp3) is 0.550. The molecule has 6 nitrogen and oxygen atoms in total. The van der Waals surface area contributed by atoms with Gasteiger partial charge in [0.2, 0.25) is 11.8 Å². The van der Waals surface area contributed by atoms with E-state index in [2.05, 4.69) is 0 Å². The maximum absolute atomic E-state index is 12.8. The number of amides is 3. The van der Waals surface area contributed by atoms with Crippen LogP contribution in [0, 0.1) is 11.8 Å². The lowest BCUT2D eigenvalue weighted by atomic mass is 9.95. The largest absolute Gasteiger partial charge is 0.471 e. The molecule has 3 amide bonds. The molecule has 0 saturated carbocycles. The van der Waals surface area contributed by atoms with E-state index in [1.165, 1.54) is 0 Å². The molecule has 2 saturated heterocycles. The minimum atomic E-state index is -4.88. The highest BCUT2D eigenvalue weighted by atomic mass is 19.4. The van der Waals surface area contributed by atoms with Crippen molar-refractivity contribution in [3.8, 4) is 0 Å². The van der Waals surface area contributed by atoms with Gasteiger partial charge in [-0.05, 0) is 24.3 Å². The number of nitrogens with zero attached hydrogens (tertiary/aromatic N) is 2. The molecule has 2 heterocycles. The molecule has 1 aromatic rings. The zero-order valence-electron chi connectivity index (χ0n) is 16.0. The fourth-order valence-corrected chi connectivity index (χ4v) is 3.85. The third kappa shape index (κ3) is 5.48. The van der Waals surface area contributed by atoms with Crippen LogP contribution in [0.2, 0.25) is 0 Å². The van der Waals surface area contributed by atoms with Crippen molar-refractivity contribution in [1.29, 1.82) is 0 Å². The zero-order chi connectivity index (χ0) is 21.0. The van der Waals surface area contributed by atoms with E-state index in [1.54, 1.807) is 9.80 Å². The first kappa shape index (κ1) is 21.1. The zero-order valence-corrected chi connectivity index (χ0v) is 16.0. The van der Waals surface area contributed by atoms with Gasteiger partial charge in [-0.2, -0.15) is 13.2 Å². The first-order chi connectivity index (χ1) is 13.7. The van der Waals surface area contributed by atoms with Crippen LogP contribution < -0.4 is 5.32 Å². The molecule has 158 valence electrons. The van der Waals surface area contributed by atoms with Crippen LogP contribution in [0.25, 0.3) is 0 Å². The van der Waals surface area contributed by atoms with E-state index in [0.717, 1.165) is 5.56 Å². The summed E-state index contributed by atoms with van der Waals surface area (Å²) >= 11 is 0. The van der Waals surface area contributed by atoms with Crippen LogP contribution in [-0.4, -0.2) is 59.9 Å². The number of rotatable bonds is 5. The number of halogens is 3. The molecule has 3 rings (SSSR count). The van der Waals surface area contributed by atoms with Crippen LogP contribution >= 0.6 is 0 Å². The number of hydrogen-bond donors (Lipinski definition) is 1. The second kappa shape index (κ2) is 8.84. The summed E-state index contributed by atoms with van der Waals surface area (Å²) in [5, 5.41) is 1.91. The van der Waals surface area contributed by atoms with Crippen molar-refractivity contribution in [3.05, 3.63) is 35.9 Å². The second-order valence-electron chi connectivity index (χ2n) is 7.64. The average molecular weight is 411 g/mol. The van der Waals surface area contributed by atoms with Crippen molar-refractivity contribution in [2.45, 2.75) is 32.0 Å².